The highest BCUT2D eigenvalue weighted by Gasteiger charge is 2.06. The molecule has 2 aromatic rings. The van der Waals surface area contributed by atoms with Crippen molar-refractivity contribution in [2.75, 3.05) is 6.54 Å². The van der Waals surface area contributed by atoms with Crippen LogP contribution in [0.25, 0.3) is 0 Å². The van der Waals surface area contributed by atoms with Crippen molar-refractivity contribution in [3.63, 3.8) is 0 Å². The average Bonchev–Trinajstić information content (AvgIpc) is 2.85. The van der Waals surface area contributed by atoms with E-state index in [4.69, 9.17) is 0 Å². The van der Waals surface area contributed by atoms with Crippen molar-refractivity contribution in [3.05, 3.63) is 50.8 Å². The second kappa shape index (κ2) is 5.59. The molecule has 0 radical (unpaired) electrons. The summed E-state index contributed by atoms with van der Waals surface area (Å²) in [5, 5.41) is 4.71. The minimum Gasteiger partial charge on any atom is -0.352 e. The van der Waals surface area contributed by atoms with Crippen molar-refractivity contribution in [2.45, 2.75) is 6.42 Å². The van der Waals surface area contributed by atoms with Crippen molar-refractivity contribution in [1.29, 1.82) is 0 Å². The van der Waals surface area contributed by atoms with E-state index >= 15 is 0 Å². The topological polar surface area (TPSA) is 64.0 Å². The molecule has 2 aromatic heterocycles. The Morgan fingerprint density at radius 1 is 1.56 bits per heavy atom. The summed E-state index contributed by atoms with van der Waals surface area (Å²) in [5.74, 6) is -0.233. The summed E-state index contributed by atoms with van der Waals surface area (Å²) in [5.41, 5.74) is 2.92. The van der Waals surface area contributed by atoms with Crippen molar-refractivity contribution < 1.29 is 4.79 Å². The number of carbonyl (C=O) groups excluding carboxylic acids is 1. The van der Waals surface area contributed by atoms with Crippen molar-refractivity contribution >= 4 is 17.2 Å². The molecule has 0 aliphatic carbocycles. The van der Waals surface area contributed by atoms with Gasteiger partial charge in [-0.1, -0.05) is 0 Å². The Labute approximate surface area is 108 Å². The maximum absolute atomic E-state index is 11.8. The van der Waals surface area contributed by atoms with Gasteiger partial charge in [-0.05, 0) is 6.07 Å². The lowest BCUT2D eigenvalue weighted by Crippen LogP contribution is -2.27. The van der Waals surface area contributed by atoms with Crippen LogP contribution in [0, 0.1) is 0 Å². The number of rotatable bonds is 4. The highest BCUT2D eigenvalue weighted by Crippen LogP contribution is 2.01. The fourth-order valence-electron chi connectivity index (χ4n) is 1.46. The van der Waals surface area contributed by atoms with E-state index in [1.165, 1.54) is 22.0 Å². The van der Waals surface area contributed by atoms with Crippen molar-refractivity contribution in [2.24, 2.45) is 7.05 Å². The molecule has 0 fully saturated rings. The number of carbonyl (C=O) groups is 1. The number of amides is 1. The fraction of sp³-hybridized carbons (Fsp3) is 0.250. The first-order chi connectivity index (χ1) is 8.66. The number of hydrogen-bond acceptors (Lipinski definition) is 4. The maximum Gasteiger partial charge on any atom is 0.251 e. The van der Waals surface area contributed by atoms with Gasteiger partial charge < -0.3 is 9.88 Å². The first-order valence-electron chi connectivity index (χ1n) is 5.49. The molecule has 2 rings (SSSR count). The molecule has 0 spiro atoms. The molecule has 0 saturated heterocycles. The molecule has 0 aromatic carbocycles. The smallest absolute Gasteiger partial charge is 0.251 e. The van der Waals surface area contributed by atoms with E-state index in [1.807, 2.05) is 5.38 Å². The van der Waals surface area contributed by atoms with Gasteiger partial charge in [-0.3, -0.25) is 9.59 Å². The van der Waals surface area contributed by atoms with E-state index in [2.05, 4.69) is 10.3 Å². The summed E-state index contributed by atoms with van der Waals surface area (Å²) in [6.45, 7) is 0.512. The van der Waals surface area contributed by atoms with Crippen LogP contribution in [-0.2, 0) is 13.5 Å². The number of nitrogens with one attached hydrogen (secondary N) is 1. The number of hydrogen-bond donors (Lipinski definition) is 1. The van der Waals surface area contributed by atoms with Gasteiger partial charge in [-0.15, -0.1) is 11.3 Å². The lowest BCUT2D eigenvalue weighted by Gasteiger charge is -2.04. The van der Waals surface area contributed by atoms with Gasteiger partial charge in [0, 0.05) is 43.2 Å². The van der Waals surface area contributed by atoms with Crippen LogP contribution in [-0.4, -0.2) is 22.0 Å². The lowest BCUT2D eigenvalue weighted by atomic mass is 10.2. The third-order valence-electron chi connectivity index (χ3n) is 2.52. The normalized spacial score (nSPS) is 10.3. The minimum atomic E-state index is -0.233. The summed E-state index contributed by atoms with van der Waals surface area (Å²) in [7, 11) is 1.65. The van der Waals surface area contributed by atoms with Crippen LogP contribution in [0.15, 0.2) is 34.0 Å². The van der Waals surface area contributed by atoms with Crippen molar-refractivity contribution in [1.82, 2.24) is 14.9 Å². The molecule has 0 unspecified atom stereocenters. The SMILES string of the molecule is Cn1ccc(C(=O)NCCc2cscn2)cc1=O. The fourth-order valence-corrected chi connectivity index (χ4v) is 2.05. The monoisotopic (exact) mass is 263 g/mol. The van der Waals surface area contributed by atoms with Crippen LogP contribution in [0.5, 0.6) is 0 Å². The molecule has 0 aliphatic heterocycles. The molecular formula is C12H13N3O2S. The van der Waals surface area contributed by atoms with Crippen LogP contribution in [0.2, 0.25) is 0 Å². The summed E-state index contributed by atoms with van der Waals surface area (Å²) >= 11 is 1.53. The zero-order valence-electron chi connectivity index (χ0n) is 9.92. The quantitative estimate of drug-likeness (QED) is 0.888. The van der Waals surface area contributed by atoms with Gasteiger partial charge in [0.15, 0.2) is 0 Å². The van der Waals surface area contributed by atoms with Crippen molar-refractivity contribution in [3.8, 4) is 0 Å². The third-order valence-corrected chi connectivity index (χ3v) is 3.15. The Kier molecular flexibility index (Phi) is 3.88. The van der Waals surface area contributed by atoms with Gasteiger partial charge in [-0.25, -0.2) is 4.98 Å². The zero-order valence-corrected chi connectivity index (χ0v) is 10.7. The summed E-state index contributed by atoms with van der Waals surface area (Å²) in [6.07, 6.45) is 2.28. The van der Waals surface area contributed by atoms with Gasteiger partial charge in [-0.2, -0.15) is 0 Å². The summed E-state index contributed by atoms with van der Waals surface area (Å²) in [4.78, 5) is 27.3. The number of nitrogens with zero attached hydrogens (tertiary/aromatic N) is 2. The van der Waals surface area contributed by atoms with E-state index in [0.717, 1.165) is 5.69 Å². The molecule has 94 valence electrons. The Morgan fingerprint density at radius 2 is 2.39 bits per heavy atom. The molecule has 0 aliphatic rings. The standard InChI is InChI=1S/C12H13N3O2S/c1-15-5-3-9(6-11(15)16)12(17)13-4-2-10-7-18-8-14-10/h3,5-8H,2,4H2,1H3,(H,13,17). The number of thiazole rings is 1. The first kappa shape index (κ1) is 12.5. The molecule has 1 N–H and O–H groups in total. The van der Waals surface area contributed by atoms with Crippen LogP contribution < -0.4 is 10.9 Å². The molecular weight excluding hydrogens is 250 g/mol. The molecule has 18 heavy (non-hydrogen) atoms. The Morgan fingerprint density at radius 3 is 3.06 bits per heavy atom. The maximum atomic E-state index is 11.8. The van der Waals surface area contributed by atoms with Gasteiger partial charge in [0.1, 0.15) is 0 Å². The molecule has 0 atom stereocenters. The lowest BCUT2D eigenvalue weighted by molar-refractivity contribution is 0.0954. The second-order valence-corrected chi connectivity index (χ2v) is 4.57. The van der Waals surface area contributed by atoms with Crippen LogP contribution in [0.3, 0.4) is 0 Å². The summed E-state index contributed by atoms with van der Waals surface area (Å²) < 4.78 is 1.42. The Balaban J connectivity index is 1.91. The van der Waals surface area contributed by atoms with Crippen LogP contribution in [0.1, 0.15) is 16.1 Å². The highest BCUT2D eigenvalue weighted by molar-refractivity contribution is 7.07. The molecule has 0 bridgehead atoms. The molecule has 1 amide bonds. The average molecular weight is 263 g/mol. The highest BCUT2D eigenvalue weighted by atomic mass is 32.1. The van der Waals surface area contributed by atoms with Gasteiger partial charge in [0.2, 0.25) is 0 Å². The number of aromatic nitrogens is 2. The predicted octanol–water partition coefficient (Wildman–Crippen LogP) is 0.814. The molecule has 0 saturated carbocycles. The first-order valence-corrected chi connectivity index (χ1v) is 6.43. The van der Waals surface area contributed by atoms with Crippen LogP contribution in [0.4, 0.5) is 0 Å². The second-order valence-electron chi connectivity index (χ2n) is 3.85. The van der Waals surface area contributed by atoms with Gasteiger partial charge in [0.05, 0.1) is 11.2 Å². The van der Waals surface area contributed by atoms with E-state index < -0.39 is 0 Å². The largest absolute Gasteiger partial charge is 0.352 e. The molecule has 6 heteroatoms. The number of aryl methyl sites for hydroxylation is 1. The van der Waals surface area contributed by atoms with Gasteiger partial charge in [0.25, 0.3) is 11.5 Å². The molecule has 2 heterocycles. The van der Waals surface area contributed by atoms with E-state index in [9.17, 15) is 9.59 Å². The van der Waals surface area contributed by atoms with E-state index in [0.29, 0.717) is 18.5 Å². The molecule has 5 nitrogen and oxygen atoms in total. The Bertz CT molecular complexity index is 590. The van der Waals surface area contributed by atoms with Gasteiger partial charge >= 0.3 is 0 Å². The summed E-state index contributed by atoms with van der Waals surface area (Å²) in [6, 6.07) is 2.96. The predicted molar refractivity (Wildman–Crippen MR) is 69.8 cm³/mol. The van der Waals surface area contributed by atoms with E-state index in [-0.39, 0.29) is 11.5 Å². The minimum absolute atomic E-state index is 0.192. The zero-order chi connectivity index (χ0) is 13.0. The number of pyridine rings is 1. The van der Waals surface area contributed by atoms with Crippen LogP contribution >= 0.6 is 11.3 Å². The van der Waals surface area contributed by atoms with E-state index in [1.54, 1.807) is 24.8 Å². The Hall–Kier alpha value is -1.95. The third kappa shape index (κ3) is 3.04.